The number of fused-ring (bicyclic) bond motifs is 1. The van der Waals surface area contributed by atoms with Crippen molar-refractivity contribution in [3.63, 3.8) is 0 Å². The van der Waals surface area contributed by atoms with Crippen molar-refractivity contribution < 1.29 is 19.4 Å². The number of hydrogen-bond donors (Lipinski definition) is 2. The summed E-state index contributed by atoms with van der Waals surface area (Å²) < 4.78 is 10.7. The van der Waals surface area contributed by atoms with Crippen LogP contribution in [-0.2, 0) is 0 Å². The highest BCUT2D eigenvalue weighted by atomic mass is 16.6. The first-order valence-electron chi connectivity index (χ1n) is 9.38. The Kier molecular flexibility index (Phi) is 8.63. The van der Waals surface area contributed by atoms with Crippen molar-refractivity contribution in [1.82, 2.24) is 0 Å². The molecule has 0 atom stereocenters. The number of ether oxygens (including phenoxy) is 1. The maximum absolute atomic E-state index is 8.85. The summed E-state index contributed by atoms with van der Waals surface area (Å²) in [5, 5.41) is 19.7. The van der Waals surface area contributed by atoms with Gasteiger partial charge in [0.25, 0.3) is 0 Å². The summed E-state index contributed by atoms with van der Waals surface area (Å²) in [4.78, 5) is 0. The molecular weight excluding hydrogens is 315 g/mol. The number of unbranched alkanes of at least 4 members (excludes halogenated alkanes) is 7. The van der Waals surface area contributed by atoms with Gasteiger partial charge in [0, 0.05) is 0 Å². The first-order valence-corrected chi connectivity index (χ1v) is 9.38. The highest BCUT2D eigenvalue weighted by Crippen LogP contribution is 2.25. The van der Waals surface area contributed by atoms with Crippen LogP contribution >= 0.6 is 0 Å². The van der Waals surface area contributed by atoms with Gasteiger partial charge in [-0.05, 0) is 41.5 Å². The Bertz CT molecular complexity index is 630. The van der Waals surface area contributed by atoms with Crippen LogP contribution in [0.4, 0.5) is 0 Å². The summed E-state index contributed by atoms with van der Waals surface area (Å²) >= 11 is 0. The van der Waals surface area contributed by atoms with E-state index in [-0.39, 0.29) is 0 Å². The summed E-state index contributed by atoms with van der Waals surface area (Å²) in [6.07, 6.45) is 10.3. The standard InChI is InChI=1S/C20H29BO4/c1-2-3-4-5-6-7-8-9-14-24-19-12-10-18-16-20(25-21(22)23)13-11-17(18)15-19/h10-13,15-16,22-23H,2-9,14H2,1H3. The Balaban J connectivity index is 1.71. The average molecular weight is 344 g/mol. The molecule has 2 rings (SSSR count). The van der Waals surface area contributed by atoms with Crippen molar-refractivity contribution >= 4 is 18.1 Å². The van der Waals surface area contributed by atoms with Gasteiger partial charge in [-0.15, -0.1) is 0 Å². The maximum Gasteiger partial charge on any atom is 0.707 e. The van der Waals surface area contributed by atoms with E-state index in [2.05, 4.69) is 6.92 Å². The van der Waals surface area contributed by atoms with Crippen LogP contribution in [0.25, 0.3) is 10.8 Å². The van der Waals surface area contributed by atoms with Gasteiger partial charge in [-0.2, -0.15) is 0 Å². The molecule has 0 aliphatic rings. The molecule has 0 bridgehead atoms. The van der Waals surface area contributed by atoms with E-state index in [4.69, 9.17) is 19.4 Å². The maximum atomic E-state index is 8.85. The second-order valence-electron chi connectivity index (χ2n) is 6.44. The van der Waals surface area contributed by atoms with E-state index in [1.54, 1.807) is 12.1 Å². The van der Waals surface area contributed by atoms with E-state index in [0.29, 0.717) is 5.75 Å². The second kappa shape index (κ2) is 11.0. The van der Waals surface area contributed by atoms with Crippen LogP contribution in [0.3, 0.4) is 0 Å². The molecule has 0 aliphatic carbocycles. The molecule has 4 nitrogen and oxygen atoms in total. The molecule has 0 saturated carbocycles. The van der Waals surface area contributed by atoms with Gasteiger partial charge in [-0.1, -0.05) is 64.0 Å². The third-order valence-corrected chi connectivity index (χ3v) is 4.29. The van der Waals surface area contributed by atoms with Crippen molar-refractivity contribution in [3.8, 4) is 11.5 Å². The van der Waals surface area contributed by atoms with E-state index >= 15 is 0 Å². The molecule has 0 aliphatic heterocycles. The molecule has 2 aromatic rings. The normalized spacial score (nSPS) is 10.8. The third kappa shape index (κ3) is 7.37. The molecule has 0 radical (unpaired) electrons. The van der Waals surface area contributed by atoms with E-state index < -0.39 is 7.32 Å². The average Bonchev–Trinajstić information content (AvgIpc) is 2.60. The van der Waals surface area contributed by atoms with Crippen molar-refractivity contribution in [2.45, 2.75) is 58.3 Å². The monoisotopic (exact) mass is 344 g/mol. The van der Waals surface area contributed by atoms with Crippen LogP contribution in [0.5, 0.6) is 11.5 Å². The molecule has 2 aromatic carbocycles. The highest BCUT2D eigenvalue weighted by molar-refractivity contribution is 6.33. The predicted molar refractivity (Wildman–Crippen MR) is 103 cm³/mol. The minimum atomic E-state index is -1.80. The molecular formula is C20H29BO4. The van der Waals surface area contributed by atoms with Gasteiger partial charge in [0.05, 0.1) is 6.61 Å². The molecule has 0 fully saturated rings. The smallest absolute Gasteiger partial charge is 0.512 e. The summed E-state index contributed by atoms with van der Waals surface area (Å²) in [7, 11) is -1.80. The van der Waals surface area contributed by atoms with E-state index in [9.17, 15) is 0 Å². The lowest BCUT2D eigenvalue weighted by molar-refractivity contribution is 0.288. The third-order valence-electron chi connectivity index (χ3n) is 4.29. The Morgan fingerprint density at radius 1 is 0.760 bits per heavy atom. The summed E-state index contributed by atoms with van der Waals surface area (Å²) in [6.45, 7) is 2.99. The van der Waals surface area contributed by atoms with Gasteiger partial charge in [0.15, 0.2) is 0 Å². The predicted octanol–water partition coefficient (Wildman–Crippen LogP) is 4.71. The van der Waals surface area contributed by atoms with Gasteiger partial charge in [0.2, 0.25) is 0 Å². The lowest BCUT2D eigenvalue weighted by Gasteiger charge is -2.09. The Hall–Kier alpha value is -1.72. The van der Waals surface area contributed by atoms with Crippen molar-refractivity contribution in [1.29, 1.82) is 0 Å². The molecule has 136 valence electrons. The fourth-order valence-corrected chi connectivity index (χ4v) is 2.91. The van der Waals surface area contributed by atoms with Crippen molar-refractivity contribution in [2.24, 2.45) is 0 Å². The minimum absolute atomic E-state index is 0.426. The van der Waals surface area contributed by atoms with Gasteiger partial charge in [0.1, 0.15) is 11.5 Å². The topological polar surface area (TPSA) is 58.9 Å². The minimum Gasteiger partial charge on any atom is -0.512 e. The number of benzene rings is 2. The van der Waals surface area contributed by atoms with E-state index in [1.807, 2.05) is 24.3 Å². The van der Waals surface area contributed by atoms with E-state index in [1.165, 1.54) is 44.9 Å². The van der Waals surface area contributed by atoms with Crippen molar-refractivity contribution in [2.75, 3.05) is 6.61 Å². The Labute approximate surface area is 151 Å². The fraction of sp³-hybridized carbons (Fsp3) is 0.500. The fourth-order valence-electron chi connectivity index (χ4n) is 2.91. The van der Waals surface area contributed by atoms with Crippen LogP contribution in [0.1, 0.15) is 58.3 Å². The zero-order chi connectivity index (χ0) is 17.9. The first kappa shape index (κ1) is 19.6. The molecule has 0 unspecified atom stereocenters. The zero-order valence-corrected chi connectivity index (χ0v) is 15.1. The van der Waals surface area contributed by atoms with Crippen LogP contribution in [-0.4, -0.2) is 24.0 Å². The van der Waals surface area contributed by atoms with Crippen LogP contribution in [0.15, 0.2) is 36.4 Å². The SMILES string of the molecule is CCCCCCCCCCOc1ccc2cc(OB(O)O)ccc2c1. The Morgan fingerprint density at radius 3 is 1.96 bits per heavy atom. The van der Waals surface area contributed by atoms with Gasteiger partial charge < -0.3 is 19.4 Å². The lowest BCUT2D eigenvalue weighted by atomic mass is 10.1. The summed E-state index contributed by atoms with van der Waals surface area (Å²) in [5.41, 5.74) is 0. The molecule has 5 heteroatoms. The molecule has 0 aromatic heterocycles. The highest BCUT2D eigenvalue weighted by Gasteiger charge is 2.11. The molecule has 2 N–H and O–H groups in total. The van der Waals surface area contributed by atoms with Crippen molar-refractivity contribution in [3.05, 3.63) is 36.4 Å². The molecule has 0 spiro atoms. The largest absolute Gasteiger partial charge is 0.707 e. The Morgan fingerprint density at radius 2 is 1.32 bits per heavy atom. The number of hydrogen-bond acceptors (Lipinski definition) is 4. The summed E-state index contributed by atoms with van der Waals surface area (Å²) in [5.74, 6) is 1.29. The quantitative estimate of drug-likeness (QED) is 0.433. The van der Waals surface area contributed by atoms with Gasteiger partial charge >= 0.3 is 7.32 Å². The summed E-state index contributed by atoms with van der Waals surface area (Å²) in [6, 6.07) is 11.3. The number of rotatable bonds is 12. The van der Waals surface area contributed by atoms with Crippen LogP contribution < -0.4 is 9.39 Å². The zero-order valence-electron chi connectivity index (χ0n) is 15.1. The molecule has 0 heterocycles. The molecule has 0 amide bonds. The van der Waals surface area contributed by atoms with Crippen LogP contribution in [0, 0.1) is 0 Å². The van der Waals surface area contributed by atoms with Gasteiger partial charge in [-0.3, -0.25) is 0 Å². The lowest BCUT2D eigenvalue weighted by Crippen LogP contribution is -2.20. The van der Waals surface area contributed by atoms with Crippen LogP contribution in [0.2, 0.25) is 0 Å². The molecule has 25 heavy (non-hydrogen) atoms. The second-order valence-corrected chi connectivity index (χ2v) is 6.44. The first-order chi connectivity index (χ1) is 12.2. The van der Waals surface area contributed by atoms with E-state index in [0.717, 1.165) is 29.5 Å². The molecule has 0 saturated heterocycles. The van der Waals surface area contributed by atoms with Gasteiger partial charge in [-0.25, -0.2) is 0 Å².